The molecule has 0 bridgehead atoms. The van der Waals surface area contributed by atoms with E-state index in [1.807, 2.05) is 0 Å². The van der Waals surface area contributed by atoms with E-state index in [-0.39, 0.29) is 6.10 Å². The lowest BCUT2D eigenvalue weighted by Crippen LogP contribution is -2.07. The number of ether oxygens (including phenoxy) is 1. The van der Waals surface area contributed by atoms with E-state index in [1.165, 1.54) is 51.4 Å². The first kappa shape index (κ1) is 16.9. The minimum Gasteiger partial charge on any atom is -0.393 e. The number of hydrogen-bond acceptors (Lipinski definition) is 2. The molecule has 0 rings (SSSR count). The molecule has 1 unspecified atom stereocenters. The quantitative estimate of drug-likeness (QED) is 0.489. The fourth-order valence-corrected chi connectivity index (χ4v) is 2.12. The second kappa shape index (κ2) is 14.0. The summed E-state index contributed by atoms with van der Waals surface area (Å²) < 4.78 is 4.97. The molecule has 0 aromatic heterocycles. The molecule has 1 N–H and O–H groups in total. The highest BCUT2D eigenvalue weighted by atomic mass is 16.5. The van der Waals surface area contributed by atoms with E-state index >= 15 is 0 Å². The van der Waals surface area contributed by atoms with Gasteiger partial charge in [-0.1, -0.05) is 58.3 Å². The first-order chi connectivity index (χ1) is 8.31. The van der Waals surface area contributed by atoms with Crippen molar-refractivity contribution in [2.75, 3.05) is 13.7 Å². The zero-order chi connectivity index (χ0) is 12.8. The van der Waals surface area contributed by atoms with Crippen molar-refractivity contribution in [3.05, 3.63) is 0 Å². The summed E-state index contributed by atoms with van der Waals surface area (Å²) in [4.78, 5) is 0. The molecule has 0 saturated carbocycles. The van der Waals surface area contributed by atoms with Gasteiger partial charge >= 0.3 is 0 Å². The number of unbranched alkanes of at least 4 members (excludes halogenated alkanes) is 7. The van der Waals surface area contributed by atoms with Crippen molar-refractivity contribution in [2.45, 2.75) is 83.7 Å². The molecule has 0 aromatic carbocycles. The third kappa shape index (κ3) is 13.9. The molecule has 0 heterocycles. The molecule has 0 aliphatic heterocycles. The van der Waals surface area contributed by atoms with Crippen LogP contribution in [0, 0.1) is 0 Å². The van der Waals surface area contributed by atoms with Crippen LogP contribution < -0.4 is 0 Å². The fourth-order valence-electron chi connectivity index (χ4n) is 2.12. The van der Waals surface area contributed by atoms with Crippen molar-refractivity contribution in [2.24, 2.45) is 0 Å². The van der Waals surface area contributed by atoms with Crippen LogP contribution in [0.15, 0.2) is 0 Å². The van der Waals surface area contributed by atoms with Gasteiger partial charge in [-0.15, -0.1) is 0 Å². The number of methoxy groups -OCH3 is 1. The summed E-state index contributed by atoms with van der Waals surface area (Å²) >= 11 is 0. The lowest BCUT2D eigenvalue weighted by molar-refractivity contribution is 0.126. The van der Waals surface area contributed by atoms with Crippen LogP contribution in [0.5, 0.6) is 0 Å². The van der Waals surface area contributed by atoms with Gasteiger partial charge < -0.3 is 9.84 Å². The average Bonchev–Trinajstić information content (AvgIpc) is 2.33. The zero-order valence-electron chi connectivity index (χ0n) is 11.9. The maximum absolute atomic E-state index is 9.69. The normalized spacial score (nSPS) is 12.9. The fraction of sp³-hybridized carbons (Fsp3) is 1.00. The first-order valence-electron chi connectivity index (χ1n) is 7.48. The van der Waals surface area contributed by atoms with Crippen molar-refractivity contribution in [3.63, 3.8) is 0 Å². The second-order valence-electron chi connectivity index (χ2n) is 5.05. The smallest absolute Gasteiger partial charge is 0.0541 e. The van der Waals surface area contributed by atoms with E-state index in [0.717, 1.165) is 25.9 Å². The van der Waals surface area contributed by atoms with Crippen molar-refractivity contribution >= 4 is 0 Å². The van der Waals surface area contributed by atoms with Crippen molar-refractivity contribution < 1.29 is 9.84 Å². The van der Waals surface area contributed by atoms with Crippen LogP contribution in [0.2, 0.25) is 0 Å². The van der Waals surface area contributed by atoms with E-state index in [0.29, 0.717) is 0 Å². The molecule has 2 heteroatoms. The van der Waals surface area contributed by atoms with Crippen LogP contribution >= 0.6 is 0 Å². The maximum Gasteiger partial charge on any atom is 0.0541 e. The lowest BCUT2D eigenvalue weighted by Gasteiger charge is -2.09. The Balaban J connectivity index is 3.05. The molecule has 0 aromatic rings. The van der Waals surface area contributed by atoms with Gasteiger partial charge in [0.05, 0.1) is 6.10 Å². The predicted molar refractivity (Wildman–Crippen MR) is 74.3 cm³/mol. The van der Waals surface area contributed by atoms with E-state index in [2.05, 4.69) is 6.92 Å². The van der Waals surface area contributed by atoms with E-state index in [4.69, 9.17) is 4.74 Å². The van der Waals surface area contributed by atoms with Gasteiger partial charge in [-0.3, -0.25) is 0 Å². The molecule has 0 fully saturated rings. The molecule has 0 aliphatic carbocycles. The monoisotopic (exact) mass is 244 g/mol. The van der Waals surface area contributed by atoms with Crippen LogP contribution in [-0.2, 0) is 4.74 Å². The van der Waals surface area contributed by atoms with Gasteiger partial charge in [-0.25, -0.2) is 0 Å². The Kier molecular flexibility index (Phi) is 13.9. The highest BCUT2D eigenvalue weighted by Crippen LogP contribution is 2.12. The molecule has 0 radical (unpaired) electrons. The molecule has 0 aliphatic rings. The van der Waals surface area contributed by atoms with E-state index in [9.17, 15) is 5.11 Å². The summed E-state index contributed by atoms with van der Waals surface area (Å²) in [5, 5.41) is 9.69. The molecule has 0 amide bonds. The lowest BCUT2D eigenvalue weighted by atomic mass is 10.0. The number of hydrogen-bond donors (Lipinski definition) is 1. The summed E-state index contributed by atoms with van der Waals surface area (Å²) in [6.45, 7) is 3.03. The van der Waals surface area contributed by atoms with Crippen molar-refractivity contribution in [1.29, 1.82) is 0 Å². The molecule has 0 spiro atoms. The van der Waals surface area contributed by atoms with E-state index < -0.39 is 0 Å². The Labute approximate surface area is 108 Å². The first-order valence-corrected chi connectivity index (χ1v) is 7.48. The van der Waals surface area contributed by atoms with Gasteiger partial charge in [0.25, 0.3) is 0 Å². The summed E-state index contributed by atoms with van der Waals surface area (Å²) in [6, 6.07) is 0. The van der Waals surface area contributed by atoms with Gasteiger partial charge in [0.15, 0.2) is 0 Å². The van der Waals surface area contributed by atoms with Gasteiger partial charge in [0.1, 0.15) is 0 Å². The molecule has 1 atom stereocenters. The summed E-state index contributed by atoms with van der Waals surface area (Å²) in [6.07, 6.45) is 13.4. The van der Waals surface area contributed by atoms with Gasteiger partial charge in [0.2, 0.25) is 0 Å². The molecule has 0 saturated heterocycles. The van der Waals surface area contributed by atoms with Gasteiger partial charge in [0, 0.05) is 13.7 Å². The van der Waals surface area contributed by atoms with Gasteiger partial charge in [-0.2, -0.15) is 0 Å². The van der Waals surface area contributed by atoms with E-state index in [1.54, 1.807) is 7.11 Å². The molecular weight excluding hydrogens is 212 g/mol. The maximum atomic E-state index is 9.69. The number of aliphatic hydroxyl groups is 1. The Hall–Kier alpha value is -0.0800. The van der Waals surface area contributed by atoms with Crippen molar-refractivity contribution in [1.82, 2.24) is 0 Å². The highest BCUT2D eigenvalue weighted by molar-refractivity contribution is 4.56. The topological polar surface area (TPSA) is 29.5 Å². The summed E-state index contributed by atoms with van der Waals surface area (Å²) in [7, 11) is 1.71. The molecule has 2 nitrogen and oxygen atoms in total. The minimum absolute atomic E-state index is 0.106. The average molecular weight is 244 g/mol. The van der Waals surface area contributed by atoms with Crippen LogP contribution in [0.25, 0.3) is 0 Å². The zero-order valence-corrected chi connectivity index (χ0v) is 11.9. The molecule has 104 valence electrons. The number of rotatable bonds is 13. The third-order valence-corrected chi connectivity index (χ3v) is 3.28. The SMILES string of the molecule is CCCCCCCCCCC(O)CCCOC. The second-order valence-corrected chi connectivity index (χ2v) is 5.05. The van der Waals surface area contributed by atoms with Crippen LogP contribution in [-0.4, -0.2) is 24.9 Å². The minimum atomic E-state index is -0.106. The Morgan fingerprint density at radius 1 is 0.824 bits per heavy atom. The Morgan fingerprint density at radius 3 is 1.94 bits per heavy atom. The standard InChI is InChI=1S/C15H32O2/c1-3-4-5-6-7-8-9-10-12-15(16)13-11-14-17-2/h15-16H,3-14H2,1-2H3. The molecule has 17 heavy (non-hydrogen) atoms. The third-order valence-electron chi connectivity index (χ3n) is 3.28. The molecular formula is C15H32O2. The van der Waals surface area contributed by atoms with Crippen LogP contribution in [0.1, 0.15) is 77.6 Å². The Morgan fingerprint density at radius 2 is 1.35 bits per heavy atom. The van der Waals surface area contributed by atoms with Crippen molar-refractivity contribution in [3.8, 4) is 0 Å². The summed E-state index contributed by atoms with van der Waals surface area (Å²) in [5.41, 5.74) is 0. The number of aliphatic hydroxyl groups excluding tert-OH is 1. The largest absolute Gasteiger partial charge is 0.393 e. The van der Waals surface area contributed by atoms with Crippen LogP contribution in [0.3, 0.4) is 0 Å². The predicted octanol–water partition coefficient (Wildman–Crippen LogP) is 4.30. The Bertz CT molecular complexity index is 137. The van der Waals surface area contributed by atoms with Crippen LogP contribution in [0.4, 0.5) is 0 Å². The summed E-state index contributed by atoms with van der Waals surface area (Å²) in [5.74, 6) is 0. The highest BCUT2D eigenvalue weighted by Gasteiger charge is 2.03. The van der Waals surface area contributed by atoms with Gasteiger partial charge in [-0.05, 0) is 19.3 Å².